The summed E-state index contributed by atoms with van der Waals surface area (Å²) in [6.45, 7) is 0. The molecule has 10 heteroatoms. The van der Waals surface area contributed by atoms with Gasteiger partial charge in [0.25, 0.3) is 0 Å². The van der Waals surface area contributed by atoms with Crippen molar-refractivity contribution in [2.75, 3.05) is 0 Å². The third-order valence-electron chi connectivity index (χ3n) is 3.60. The highest BCUT2D eigenvalue weighted by Gasteiger charge is 2.32. The number of carboxylic acid groups (broad SMARTS) is 1. The van der Waals surface area contributed by atoms with Crippen LogP contribution in [0.15, 0.2) is 45.6 Å². The van der Waals surface area contributed by atoms with Gasteiger partial charge in [-0.25, -0.2) is 9.59 Å². The van der Waals surface area contributed by atoms with E-state index in [9.17, 15) is 22.8 Å². The van der Waals surface area contributed by atoms with E-state index in [2.05, 4.69) is 4.98 Å². The van der Waals surface area contributed by atoms with E-state index in [1.807, 2.05) is 0 Å². The van der Waals surface area contributed by atoms with Crippen LogP contribution in [0.2, 0.25) is 5.02 Å². The molecule has 144 valence electrons. The average molecular weight is 411 g/mol. The number of aromatic carboxylic acids is 1. The first-order valence-corrected chi connectivity index (χ1v) is 8.01. The van der Waals surface area contributed by atoms with Gasteiger partial charge in [0, 0.05) is 5.56 Å². The number of halogens is 4. The summed E-state index contributed by atoms with van der Waals surface area (Å²) in [7, 11) is 0. The molecule has 3 rings (SSSR count). The summed E-state index contributed by atoms with van der Waals surface area (Å²) < 4.78 is 43.7. The molecule has 2 heterocycles. The number of hydrogen-bond donors (Lipinski definition) is 2. The zero-order valence-corrected chi connectivity index (χ0v) is 14.5. The fourth-order valence-corrected chi connectivity index (χ4v) is 2.58. The third kappa shape index (κ3) is 4.32. The van der Waals surface area contributed by atoms with E-state index >= 15 is 0 Å². The molecule has 0 unspecified atom stereocenters. The van der Waals surface area contributed by atoms with Crippen molar-refractivity contribution in [3.8, 4) is 11.3 Å². The van der Waals surface area contributed by atoms with Crippen LogP contribution in [0.3, 0.4) is 0 Å². The number of aromatic amines is 1. The van der Waals surface area contributed by atoms with Crippen molar-refractivity contribution in [1.29, 1.82) is 0 Å². The quantitative estimate of drug-likeness (QED) is 0.656. The molecule has 6 nitrogen and oxygen atoms in total. The molecular weight excluding hydrogens is 401 g/mol. The molecule has 0 aliphatic heterocycles. The summed E-state index contributed by atoms with van der Waals surface area (Å²) in [4.78, 5) is 27.4. The van der Waals surface area contributed by atoms with Gasteiger partial charge in [0.1, 0.15) is 17.2 Å². The molecule has 0 radical (unpaired) electrons. The molecule has 0 aliphatic rings. The number of carboxylic acids is 1. The maximum Gasteiger partial charge on any atom is 0.431 e. The first kappa shape index (κ1) is 19.4. The number of alkyl halides is 3. The Kier molecular flexibility index (Phi) is 5.10. The number of nitrogens with zero attached hydrogens (tertiary/aromatic N) is 1. The average Bonchev–Trinajstić information content (AvgIpc) is 3.07. The molecule has 0 saturated heterocycles. The van der Waals surface area contributed by atoms with Crippen LogP contribution in [0, 0.1) is 0 Å². The fourth-order valence-electron chi connectivity index (χ4n) is 2.32. The first-order chi connectivity index (χ1) is 13.1. The number of nitrogens with one attached hydrogen (secondary N) is 1. The molecule has 0 bridgehead atoms. The van der Waals surface area contributed by atoms with Gasteiger partial charge < -0.3 is 14.5 Å². The minimum absolute atomic E-state index is 0.0332. The number of benzene rings is 1. The molecule has 2 aromatic heterocycles. The van der Waals surface area contributed by atoms with Gasteiger partial charge >= 0.3 is 17.8 Å². The van der Waals surface area contributed by atoms with Crippen LogP contribution in [0.4, 0.5) is 13.2 Å². The maximum absolute atomic E-state index is 12.7. The van der Waals surface area contributed by atoms with Gasteiger partial charge in [0.05, 0.1) is 16.3 Å². The van der Waals surface area contributed by atoms with Crippen molar-refractivity contribution < 1.29 is 27.5 Å². The number of aromatic nitrogens is 2. The van der Waals surface area contributed by atoms with Gasteiger partial charge in [0.15, 0.2) is 0 Å². The van der Waals surface area contributed by atoms with Crippen LogP contribution >= 0.6 is 11.6 Å². The topological polar surface area (TPSA) is 96.2 Å². The van der Waals surface area contributed by atoms with Gasteiger partial charge in [-0.15, -0.1) is 0 Å². The Balaban J connectivity index is 1.86. The van der Waals surface area contributed by atoms with Crippen LogP contribution in [0.1, 0.15) is 27.5 Å². The SMILES string of the molecule is O=C(O)c1ccc(-c2ccc(/C=C/c3cc(C(F)(F)F)[nH]c(=O)n3)o2)cc1Cl. The number of H-pyrrole nitrogens is 1. The molecule has 2 N–H and O–H groups in total. The number of furan rings is 1. The summed E-state index contributed by atoms with van der Waals surface area (Å²) in [6.07, 6.45) is -2.16. The van der Waals surface area contributed by atoms with Crippen LogP contribution in [0.5, 0.6) is 0 Å². The number of rotatable bonds is 4. The Morgan fingerprint density at radius 2 is 1.93 bits per heavy atom. The van der Waals surface area contributed by atoms with Crippen LogP contribution < -0.4 is 5.69 Å². The molecule has 0 fully saturated rings. The van der Waals surface area contributed by atoms with Crippen molar-refractivity contribution in [2.24, 2.45) is 0 Å². The number of carbonyl (C=O) groups is 1. The van der Waals surface area contributed by atoms with E-state index in [0.717, 1.165) is 0 Å². The molecule has 0 amide bonds. The smallest absolute Gasteiger partial charge is 0.431 e. The highest BCUT2D eigenvalue weighted by molar-refractivity contribution is 6.33. The van der Waals surface area contributed by atoms with E-state index in [1.54, 1.807) is 17.1 Å². The second kappa shape index (κ2) is 7.35. The minimum atomic E-state index is -4.70. The van der Waals surface area contributed by atoms with Crippen molar-refractivity contribution in [3.63, 3.8) is 0 Å². The van der Waals surface area contributed by atoms with Gasteiger partial charge in [0.2, 0.25) is 0 Å². The van der Waals surface area contributed by atoms with Crippen molar-refractivity contribution >= 4 is 29.7 Å². The molecule has 0 aliphatic carbocycles. The summed E-state index contributed by atoms with van der Waals surface area (Å²) in [6, 6.07) is 8.09. The second-order valence-corrected chi connectivity index (χ2v) is 5.96. The summed E-state index contributed by atoms with van der Waals surface area (Å²) in [5, 5.41) is 9.01. The maximum atomic E-state index is 12.7. The fraction of sp³-hybridized carbons (Fsp3) is 0.0556. The molecule has 28 heavy (non-hydrogen) atoms. The van der Waals surface area contributed by atoms with Crippen molar-refractivity contribution in [2.45, 2.75) is 6.18 Å². The molecule has 0 atom stereocenters. The standard InChI is InChI=1S/C18H10ClF3N2O4/c19-13-7-9(1-5-12(13)16(25)26)14-6-4-11(28-14)3-2-10-8-15(18(20,21)22)24-17(27)23-10/h1-8H,(H,25,26)(H,23,24,27)/b3-2+. The van der Waals surface area contributed by atoms with Crippen molar-refractivity contribution in [3.05, 3.63) is 74.6 Å². The lowest BCUT2D eigenvalue weighted by atomic mass is 10.1. The third-order valence-corrected chi connectivity index (χ3v) is 3.91. The van der Waals surface area contributed by atoms with Crippen LogP contribution in [-0.2, 0) is 6.18 Å². The monoisotopic (exact) mass is 410 g/mol. The molecule has 1 aromatic carbocycles. The zero-order valence-electron chi connectivity index (χ0n) is 13.7. The Morgan fingerprint density at radius 1 is 1.18 bits per heavy atom. The Hall–Kier alpha value is -3.33. The Labute approximate surface area is 159 Å². The predicted molar refractivity (Wildman–Crippen MR) is 94.9 cm³/mol. The molecule has 0 spiro atoms. The van der Waals surface area contributed by atoms with E-state index in [-0.39, 0.29) is 22.0 Å². The van der Waals surface area contributed by atoms with Crippen LogP contribution in [0.25, 0.3) is 23.5 Å². The lowest BCUT2D eigenvalue weighted by Crippen LogP contribution is -2.19. The van der Waals surface area contributed by atoms with Crippen molar-refractivity contribution in [1.82, 2.24) is 9.97 Å². The summed E-state index contributed by atoms with van der Waals surface area (Å²) >= 11 is 5.92. The lowest BCUT2D eigenvalue weighted by molar-refractivity contribution is -0.141. The van der Waals surface area contributed by atoms with E-state index < -0.39 is 23.5 Å². The molecule has 3 aromatic rings. The Bertz CT molecular complexity index is 1130. The van der Waals surface area contributed by atoms with Crippen LogP contribution in [-0.4, -0.2) is 21.0 Å². The second-order valence-electron chi connectivity index (χ2n) is 5.56. The van der Waals surface area contributed by atoms with Gasteiger partial charge in [-0.1, -0.05) is 17.7 Å². The normalized spacial score (nSPS) is 11.9. The van der Waals surface area contributed by atoms with Gasteiger partial charge in [-0.05, 0) is 42.5 Å². The summed E-state index contributed by atoms with van der Waals surface area (Å²) in [5.74, 6) is -0.513. The highest BCUT2D eigenvalue weighted by Crippen LogP contribution is 2.29. The Morgan fingerprint density at radius 3 is 2.57 bits per heavy atom. The zero-order chi connectivity index (χ0) is 20.5. The molecule has 0 saturated carbocycles. The summed E-state index contributed by atoms with van der Waals surface area (Å²) in [5.41, 5.74) is -2.06. The molecular formula is C18H10ClF3N2O4. The van der Waals surface area contributed by atoms with E-state index in [1.165, 1.54) is 30.4 Å². The highest BCUT2D eigenvalue weighted by atomic mass is 35.5. The lowest BCUT2D eigenvalue weighted by Gasteiger charge is -2.05. The number of hydrogen-bond acceptors (Lipinski definition) is 4. The first-order valence-electron chi connectivity index (χ1n) is 7.63. The van der Waals surface area contributed by atoms with Gasteiger partial charge in [-0.3, -0.25) is 0 Å². The van der Waals surface area contributed by atoms with E-state index in [0.29, 0.717) is 17.4 Å². The predicted octanol–water partition coefficient (Wildman–Crippen LogP) is 4.57. The van der Waals surface area contributed by atoms with E-state index in [4.69, 9.17) is 21.1 Å². The van der Waals surface area contributed by atoms with Gasteiger partial charge in [-0.2, -0.15) is 18.2 Å². The largest absolute Gasteiger partial charge is 0.478 e. The minimum Gasteiger partial charge on any atom is -0.478 e.